The highest BCUT2D eigenvalue weighted by atomic mass is 32.2. The lowest BCUT2D eigenvalue weighted by molar-refractivity contribution is -0.146. The first-order valence-corrected chi connectivity index (χ1v) is 12.4. The number of ether oxygens (including phenoxy) is 1. The molecule has 8 heteroatoms. The number of carbonyl (C=O) groups excluding carboxylic acids is 1. The molecule has 1 atom stereocenters. The van der Waals surface area contributed by atoms with E-state index in [1.54, 1.807) is 0 Å². The molecule has 154 valence electrons. The molecule has 0 radical (unpaired) electrons. The van der Waals surface area contributed by atoms with Gasteiger partial charge in [-0.05, 0) is 25.7 Å². The second kappa shape index (κ2) is 8.35. The molecular weight excluding hydrogens is 366 g/mol. The number of likely N-dealkylation sites (tertiary alicyclic amines) is 1. The number of nitrogens with zero attached hydrogens (tertiary/aromatic N) is 3. The van der Waals surface area contributed by atoms with Crippen LogP contribution in [-0.2, 0) is 19.4 Å². The first kappa shape index (κ1) is 19.6. The van der Waals surface area contributed by atoms with Crippen molar-refractivity contribution in [3.8, 4) is 0 Å². The molecule has 0 aromatic rings. The Morgan fingerprint density at radius 2 is 1.52 bits per heavy atom. The third-order valence-electron chi connectivity index (χ3n) is 6.92. The van der Waals surface area contributed by atoms with E-state index in [2.05, 4.69) is 9.80 Å². The minimum Gasteiger partial charge on any atom is -0.378 e. The first-order valence-electron chi connectivity index (χ1n) is 10.6. The van der Waals surface area contributed by atoms with E-state index in [1.807, 2.05) is 4.90 Å². The number of hydrogen-bond donors (Lipinski definition) is 0. The molecule has 1 aliphatic carbocycles. The van der Waals surface area contributed by atoms with Crippen molar-refractivity contribution in [3.05, 3.63) is 0 Å². The Bertz CT molecular complexity index is 613. The minimum absolute atomic E-state index is 0.112. The third-order valence-corrected chi connectivity index (χ3v) is 8.53. The third kappa shape index (κ3) is 4.49. The lowest BCUT2D eigenvalue weighted by Gasteiger charge is -2.44. The number of sulfone groups is 1. The molecule has 0 N–H and O–H groups in total. The van der Waals surface area contributed by atoms with Gasteiger partial charge in [-0.3, -0.25) is 14.6 Å². The predicted molar refractivity (Wildman–Crippen MR) is 103 cm³/mol. The Kier molecular flexibility index (Phi) is 6.06. The second-order valence-corrected chi connectivity index (χ2v) is 10.8. The monoisotopic (exact) mass is 399 g/mol. The topological polar surface area (TPSA) is 70.2 Å². The maximum Gasteiger partial charge on any atom is 0.242 e. The van der Waals surface area contributed by atoms with Crippen molar-refractivity contribution < 1.29 is 17.9 Å². The zero-order valence-corrected chi connectivity index (χ0v) is 17.0. The molecular formula is C19H33N3O4S. The highest BCUT2D eigenvalue weighted by Crippen LogP contribution is 2.28. The van der Waals surface area contributed by atoms with E-state index < -0.39 is 9.84 Å². The van der Waals surface area contributed by atoms with E-state index in [1.165, 1.54) is 25.7 Å². The van der Waals surface area contributed by atoms with Crippen molar-refractivity contribution in [2.45, 2.75) is 56.7 Å². The van der Waals surface area contributed by atoms with Gasteiger partial charge in [0.2, 0.25) is 5.91 Å². The quantitative estimate of drug-likeness (QED) is 0.682. The van der Waals surface area contributed by atoms with Crippen LogP contribution in [0.15, 0.2) is 0 Å². The van der Waals surface area contributed by atoms with Gasteiger partial charge in [0.1, 0.15) is 6.04 Å². The van der Waals surface area contributed by atoms with E-state index in [9.17, 15) is 13.2 Å². The lowest BCUT2D eigenvalue weighted by atomic mass is 10.0. The smallest absolute Gasteiger partial charge is 0.242 e. The second-order valence-electron chi connectivity index (χ2n) is 8.51. The SMILES string of the molecule is O=C(C1COCCN1C1CCCC1)N1CCC(N2CCS(=O)(=O)CC2)CC1. The fourth-order valence-corrected chi connectivity index (χ4v) is 6.49. The van der Waals surface area contributed by atoms with Gasteiger partial charge in [0.05, 0.1) is 24.7 Å². The van der Waals surface area contributed by atoms with Crippen LogP contribution in [0.4, 0.5) is 0 Å². The molecule has 4 aliphatic rings. The molecule has 27 heavy (non-hydrogen) atoms. The Hall–Kier alpha value is -0.700. The average molecular weight is 400 g/mol. The van der Waals surface area contributed by atoms with Gasteiger partial charge in [-0.15, -0.1) is 0 Å². The Morgan fingerprint density at radius 3 is 2.19 bits per heavy atom. The van der Waals surface area contributed by atoms with Gasteiger partial charge in [0.25, 0.3) is 0 Å². The number of carbonyl (C=O) groups is 1. The molecule has 3 heterocycles. The maximum absolute atomic E-state index is 13.2. The normalized spacial score (nSPS) is 32.0. The van der Waals surface area contributed by atoms with Crippen LogP contribution in [0.3, 0.4) is 0 Å². The summed E-state index contributed by atoms with van der Waals surface area (Å²) in [5.74, 6) is 0.797. The van der Waals surface area contributed by atoms with Gasteiger partial charge < -0.3 is 9.64 Å². The summed E-state index contributed by atoms with van der Waals surface area (Å²) < 4.78 is 28.9. The Balaban J connectivity index is 1.31. The zero-order valence-electron chi connectivity index (χ0n) is 16.2. The Morgan fingerprint density at radius 1 is 0.852 bits per heavy atom. The fraction of sp³-hybridized carbons (Fsp3) is 0.947. The molecule has 3 aliphatic heterocycles. The summed E-state index contributed by atoms with van der Waals surface area (Å²) in [4.78, 5) is 20.0. The molecule has 4 fully saturated rings. The van der Waals surface area contributed by atoms with Crippen LogP contribution in [0.25, 0.3) is 0 Å². The molecule has 1 saturated carbocycles. The van der Waals surface area contributed by atoms with Crippen molar-refractivity contribution in [2.24, 2.45) is 0 Å². The van der Waals surface area contributed by atoms with Gasteiger partial charge >= 0.3 is 0 Å². The maximum atomic E-state index is 13.2. The highest BCUT2D eigenvalue weighted by Gasteiger charge is 2.39. The number of rotatable bonds is 3. The largest absolute Gasteiger partial charge is 0.378 e. The van der Waals surface area contributed by atoms with Gasteiger partial charge in [0.15, 0.2) is 9.84 Å². The molecule has 0 aromatic carbocycles. The lowest BCUT2D eigenvalue weighted by Crippen LogP contribution is -2.59. The van der Waals surface area contributed by atoms with Crippen LogP contribution in [0.5, 0.6) is 0 Å². The molecule has 1 amide bonds. The minimum atomic E-state index is -2.83. The van der Waals surface area contributed by atoms with Gasteiger partial charge in [-0.2, -0.15) is 0 Å². The van der Waals surface area contributed by atoms with Crippen LogP contribution in [-0.4, -0.2) is 105 Å². The molecule has 0 aromatic heterocycles. The standard InChI is InChI=1S/C19H33N3O4S/c23-19(18-15-26-12-9-22(18)17-3-1-2-4-17)21-7-5-16(6-8-21)20-10-13-27(24,25)14-11-20/h16-18H,1-15H2. The summed E-state index contributed by atoms with van der Waals surface area (Å²) in [5.41, 5.74) is 0. The first-order chi connectivity index (χ1) is 13.0. The van der Waals surface area contributed by atoms with Crippen LogP contribution in [0, 0.1) is 0 Å². The molecule has 4 rings (SSSR count). The van der Waals surface area contributed by atoms with Gasteiger partial charge in [-0.1, -0.05) is 12.8 Å². The summed E-state index contributed by atoms with van der Waals surface area (Å²) in [7, 11) is -2.83. The zero-order chi connectivity index (χ0) is 18.9. The van der Waals surface area contributed by atoms with Crippen molar-refractivity contribution in [3.63, 3.8) is 0 Å². The summed E-state index contributed by atoms with van der Waals surface area (Å²) in [6, 6.07) is 0.854. The molecule has 3 saturated heterocycles. The van der Waals surface area contributed by atoms with Crippen molar-refractivity contribution in [1.82, 2.24) is 14.7 Å². The Labute approximate surface area is 162 Å². The van der Waals surface area contributed by atoms with Crippen LogP contribution >= 0.6 is 0 Å². The van der Waals surface area contributed by atoms with E-state index >= 15 is 0 Å². The van der Waals surface area contributed by atoms with Crippen LogP contribution < -0.4 is 0 Å². The van der Waals surface area contributed by atoms with E-state index in [-0.39, 0.29) is 23.5 Å². The molecule has 0 spiro atoms. The van der Waals surface area contributed by atoms with Crippen molar-refractivity contribution >= 4 is 15.7 Å². The number of hydrogen-bond acceptors (Lipinski definition) is 6. The number of morpholine rings is 1. The van der Waals surface area contributed by atoms with E-state index in [0.29, 0.717) is 31.8 Å². The van der Waals surface area contributed by atoms with E-state index in [4.69, 9.17) is 4.74 Å². The van der Waals surface area contributed by atoms with Crippen molar-refractivity contribution in [2.75, 3.05) is 57.4 Å². The average Bonchev–Trinajstić information content (AvgIpc) is 3.22. The fourth-order valence-electron chi connectivity index (χ4n) is 5.26. The summed E-state index contributed by atoms with van der Waals surface area (Å²) in [5, 5.41) is 0. The number of amides is 1. The van der Waals surface area contributed by atoms with Crippen LogP contribution in [0.2, 0.25) is 0 Å². The molecule has 1 unspecified atom stereocenters. The summed E-state index contributed by atoms with van der Waals surface area (Å²) in [6.45, 7) is 4.99. The van der Waals surface area contributed by atoms with Crippen LogP contribution in [0.1, 0.15) is 38.5 Å². The van der Waals surface area contributed by atoms with E-state index in [0.717, 1.165) is 39.1 Å². The van der Waals surface area contributed by atoms with Gasteiger partial charge in [0, 0.05) is 44.8 Å². The predicted octanol–water partition coefficient (Wildman–Crippen LogP) is 0.351. The molecule has 7 nitrogen and oxygen atoms in total. The summed E-state index contributed by atoms with van der Waals surface area (Å²) in [6.07, 6.45) is 6.87. The summed E-state index contributed by atoms with van der Waals surface area (Å²) >= 11 is 0. The number of piperidine rings is 1. The molecule has 0 bridgehead atoms. The van der Waals surface area contributed by atoms with Gasteiger partial charge in [-0.25, -0.2) is 8.42 Å². The van der Waals surface area contributed by atoms with Crippen molar-refractivity contribution in [1.29, 1.82) is 0 Å². The highest BCUT2D eigenvalue weighted by molar-refractivity contribution is 7.91.